The lowest BCUT2D eigenvalue weighted by Gasteiger charge is -2.40. The van der Waals surface area contributed by atoms with E-state index in [1.165, 1.54) is 37.7 Å². The lowest BCUT2D eigenvalue weighted by atomic mass is 9.88. The molecule has 0 aliphatic heterocycles. The molecule has 4 heteroatoms. The molecule has 0 bridgehead atoms. The number of nitrogens with zero attached hydrogens (tertiary/aromatic N) is 1. The van der Waals surface area contributed by atoms with E-state index in [0.717, 1.165) is 13.0 Å². The van der Waals surface area contributed by atoms with Crippen molar-refractivity contribution in [3.63, 3.8) is 0 Å². The molecule has 0 radical (unpaired) electrons. The van der Waals surface area contributed by atoms with Crippen LogP contribution in [0.15, 0.2) is 30.3 Å². The van der Waals surface area contributed by atoms with Crippen molar-refractivity contribution in [2.45, 2.75) is 63.2 Å². The van der Waals surface area contributed by atoms with Crippen molar-refractivity contribution >= 4 is 17.5 Å². The summed E-state index contributed by atoms with van der Waals surface area (Å²) in [7, 11) is 0. The predicted molar refractivity (Wildman–Crippen MR) is 89.9 cm³/mol. The third-order valence-corrected chi connectivity index (χ3v) is 5.09. The van der Waals surface area contributed by atoms with E-state index in [1.54, 1.807) is 0 Å². The number of hydrogen-bond acceptors (Lipinski definition) is 2. The van der Waals surface area contributed by atoms with Crippen molar-refractivity contribution in [2.24, 2.45) is 0 Å². The van der Waals surface area contributed by atoms with Gasteiger partial charge in [0.1, 0.15) is 5.88 Å². The maximum absolute atomic E-state index is 11.7. The summed E-state index contributed by atoms with van der Waals surface area (Å²) in [6.07, 6.45) is 7.30. The number of halogens is 1. The van der Waals surface area contributed by atoms with Crippen LogP contribution in [-0.2, 0) is 11.3 Å². The second kappa shape index (κ2) is 7.47. The van der Waals surface area contributed by atoms with Gasteiger partial charge in [-0.25, -0.2) is 0 Å². The maximum atomic E-state index is 11.7. The molecule has 2 aliphatic rings. The van der Waals surface area contributed by atoms with Crippen molar-refractivity contribution in [2.75, 3.05) is 5.88 Å². The fourth-order valence-corrected chi connectivity index (χ4v) is 3.72. The van der Waals surface area contributed by atoms with Crippen LogP contribution in [0.4, 0.5) is 0 Å². The van der Waals surface area contributed by atoms with Gasteiger partial charge in [0.2, 0.25) is 5.91 Å². The highest BCUT2D eigenvalue weighted by Crippen LogP contribution is 2.35. The average molecular weight is 321 g/mol. The van der Waals surface area contributed by atoms with Crippen LogP contribution in [0.2, 0.25) is 0 Å². The van der Waals surface area contributed by atoms with E-state index in [9.17, 15) is 4.79 Å². The number of hydrogen-bond donors (Lipinski definition) is 1. The molecule has 1 N–H and O–H groups in total. The number of rotatable bonds is 6. The first-order chi connectivity index (χ1) is 10.8. The van der Waals surface area contributed by atoms with E-state index in [2.05, 4.69) is 40.5 Å². The number of benzene rings is 1. The van der Waals surface area contributed by atoms with Gasteiger partial charge in [-0.05, 0) is 31.2 Å². The first-order valence-corrected chi connectivity index (χ1v) is 8.96. The topological polar surface area (TPSA) is 32.3 Å². The van der Waals surface area contributed by atoms with E-state index in [-0.39, 0.29) is 17.8 Å². The number of carbonyl (C=O) groups excluding carboxylic acids is 1. The fraction of sp³-hybridized carbons (Fsp3) is 0.611. The molecule has 0 spiro atoms. The van der Waals surface area contributed by atoms with Crippen molar-refractivity contribution in [3.05, 3.63) is 35.9 Å². The average Bonchev–Trinajstić information content (AvgIpc) is 3.39. The zero-order valence-electron chi connectivity index (χ0n) is 13.0. The minimum Gasteiger partial charge on any atom is -0.351 e. The highest BCUT2D eigenvalue weighted by molar-refractivity contribution is 6.27. The van der Waals surface area contributed by atoms with Crippen LogP contribution < -0.4 is 5.32 Å². The fourth-order valence-electron chi connectivity index (χ4n) is 3.64. The quantitative estimate of drug-likeness (QED) is 0.816. The van der Waals surface area contributed by atoms with Gasteiger partial charge in [-0.3, -0.25) is 9.69 Å². The highest BCUT2D eigenvalue weighted by Gasteiger charge is 2.38. The zero-order valence-corrected chi connectivity index (χ0v) is 13.8. The minimum atomic E-state index is -0.0333. The normalized spacial score (nSPS) is 25.2. The molecule has 2 unspecified atom stereocenters. The van der Waals surface area contributed by atoms with E-state index < -0.39 is 0 Å². The highest BCUT2D eigenvalue weighted by atomic mass is 35.5. The molecule has 1 aromatic rings. The zero-order chi connectivity index (χ0) is 15.4. The molecule has 3 rings (SSSR count). The summed E-state index contributed by atoms with van der Waals surface area (Å²) >= 11 is 5.68. The van der Waals surface area contributed by atoms with Gasteiger partial charge in [0.15, 0.2) is 0 Å². The van der Waals surface area contributed by atoms with Crippen LogP contribution in [0, 0.1) is 0 Å². The third-order valence-electron chi connectivity index (χ3n) is 4.85. The number of alkyl halides is 1. The van der Waals surface area contributed by atoms with E-state index in [0.29, 0.717) is 12.1 Å². The van der Waals surface area contributed by atoms with Gasteiger partial charge < -0.3 is 5.32 Å². The lowest BCUT2D eigenvalue weighted by molar-refractivity contribution is -0.120. The smallest absolute Gasteiger partial charge is 0.235 e. The largest absolute Gasteiger partial charge is 0.351 e. The van der Waals surface area contributed by atoms with E-state index >= 15 is 0 Å². The summed E-state index contributed by atoms with van der Waals surface area (Å²) in [6, 6.07) is 12.1. The Kier molecular flexibility index (Phi) is 5.37. The molecule has 0 heterocycles. The van der Waals surface area contributed by atoms with Crippen LogP contribution in [0.1, 0.15) is 44.1 Å². The van der Waals surface area contributed by atoms with Crippen LogP contribution in [0.3, 0.4) is 0 Å². The van der Waals surface area contributed by atoms with Gasteiger partial charge in [-0.15, -0.1) is 11.6 Å². The molecule has 3 nitrogen and oxygen atoms in total. The summed E-state index contributed by atoms with van der Waals surface area (Å²) in [6.45, 7) is 0.990. The van der Waals surface area contributed by atoms with Gasteiger partial charge in [0.25, 0.3) is 0 Å². The second-order valence-electron chi connectivity index (χ2n) is 6.55. The van der Waals surface area contributed by atoms with Gasteiger partial charge in [0, 0.05) is 24.7 Å². The van der Waals surface area contributed by atoms with Crippen molar-refractivity contribution in [1.29, 1.82) is 0 Å². The first-order valence-electron chi connectivity index (χ1n) is 8.43. The van der Waals surface area contributed by atoms with Crippen LogP contribution >= 0.6 is 11.6 Å². The summed E-state index contributed by atoms with van der Waals surface area (Å²) in [5.41, 5.74) is 1.36. The standard InChI is InChI=1S/C18H25ClN2O/c19-12-18(22)20-16-8-4-5-9-17(16)21(15-10-11-15)13-14-6-2-1-3-7-14/h1-3,6-7,15-17H,4-5,8-13H2,(H,20,22). The Labute approximate surface area is 138 Å². The number of nitrogens with one attached hydrogen (secondary N) is 1. The van der Waals surface area contributed by atoms with E-state index in [4.69, 9.17) is 11.6 Å². The summed E-state index contributed by atoms with van der Waals surface area (Å²) < 4.78 is 0. The van der Waals surface area contributed by atoms with Crippen molar-refractivity contribution in [3.8, 4) is 0 Å². The molecule has 2 atom stereocenters. The monoisotopic (exact) mass is 320 g/mol. The maximum Gasteiger partial charge on any atom is 0.235 e. The molecule has 2 fully saturated rings. The molecule has 2 saturated carbocycles. The van der Waals surface area contributed by atoms with Crippen molar-refractivity contribution < 1.29 is 4.79 Å². The van der Waals surface area contributed by atoms with Crippen LogP contribution in [0.5, 0.6) is 0 Å². The summed E-state index contributed by atoms with van der Waals surface area (Å²) in [4.78, 5) is 14.4. The molecule has 1 aromatic carbocycles. The molecule has 120 valence electrons. The Morgan fingerprint density at radius 3 is 2.55 bits per heavy atom. The summed E-state index contributed by atoms with van der Waals surface area (Å²) in [5, 5.41) is 3.15. The number of amides is 1. The Hall–Kier alpha value is -1.06. The Morgan fingerprint density at radius 1 is 1.14 bits per heavy atom. The van der Waals surface area contributed by atoms with Gasteiger partial charge in [-0.2, -0.15) is 0 Å². The molecular formula is C18H25ClN2O. The molecule has 22 heavy (non-hydrogen) atoms. The SMILES string of the molecule is O=C(CCl)NC1CCCCC1N(Cc1ccccc1)C1CC1. The minimum absolute atomic E-state index is 0.0333. The van der Waals surface area contributed by atoms with Gasteiger partial charge in [-0.1, -0.05) is 43.2 Å². The molecule has 2 aliphatic carbocycles. The van der Waals surface area contributed by atoms with E-state index in [1.807, 2.05) is 0 Å². The van der Waals surface area contributed by atoms with Crippen molar-refractivity contribution in [1.82, 2.24) is 10.2 Å². The molecule has 1 amide bonds. The van der Waals surface area contributed by atoms with Gasteiger partial charge >= 0.3 is 0 Å². The predicted octanol–water partition coefficient (Wildman–Crippen LogP) is 3.32. The Morgan fingerprint density at radius 2 is 1.86 bits per heavy atom. The second-order valence-corrected chi connectivity index (χ2v) is 6.82. The third kappa shape index (κ3) is 4.02. The number of carbonyl (C=O) groups is 1. The molecule has 0 aromatic heterocycles. The first kappa shape index (κ1) is 15.8. The summed E-state index contributed by atoms with van der Waals surface area (Å²) in [5.74, 6) is 0.0275. The van der Waals surface area contributed by atoms with Crippen LogP contribution in [0.25, 0.3) is 0 Å². The Balaban J connectivity index is 1.72. The van der Waals surface area contributed by atoms with Crippen LogP contribution in [-0.4, -0.2) is 34.8 Å². The van der Waals surface area contributed by atoms with Gasteiger partial charge in [0.05, 0.1) is 0 Å². The lowest BCUT2D eigenvalue weighted by Crippen LogP contribution is -2.54. The Bertz CT molecular complexity index is 489. The molecule has 0 saturated heterocycles. The molecular weight excluding hydrogens is 296 g/mol.